The Hall–Kier alpha value is -2.68. The van der Waals surface area contributed by atoms with E-state index < -0.39 is 5.97 Å². The quantitative estimate of drug-likeness (QED) is 0.699. The molecule has 1 aliphatic heterocycles. The van der Waals surface area contributed by atoms with E-state index in [0.29, 0.717) is 30.6 Å². The summed E-state index contributed by atoms with van der Waals surface area (Å²) in [6, 6.07) is 2.55. The molecule has 0 aromatic carbocycles. The topological polar surface area (TPSA) is 102 Å². The second-order valence-electron chi connectivity index (χ2n) is 7.50. The van der Waals surface area contributed by atoms with Crippen molar-refractivity contribution in [2.75, 3.05) is 43.9 Å². The fourth-order valence-electron chi connectivity index (χ4n) is 3.77. The molecule has 2 aromatic rings. The van der Waals surface area contributed by atoms with Gasteiger partial charge in [-0.15, -0.1) is 0 Å². The SMILES string of the molecule is CCOC(=O)c1cnn(CCN(C)C2CCN(c3cc(C)nc(C)n3)CC2)c1N. The number of hydrogen-bond acceptors (Lipinski definition) is 8. The average molecular weight is 402 g/mol. The van der Waals surface area contributed by atoms with Gasteiger partial charge >= 0.3 is 5.97 Å². The van der Waals surface area contributed by atoms with Crippen LogP contribution in [0.1, 0.15) is 41.6 Å². The summed E-state index contributed by atoms with van der Waals surface area (Å²) in [5.74, 6) is 1.78. The van der Waals surface area contributed by atoms with Gasteiger partial charge in [0.2, 0.25) is 0 Å². The summed E-state index contributed by atoms with van der Waals surface area (Å²) >= 11 is 0. The molecular weight excluding hydrogens is 370 g/mol. The van der Waals surface area contributed by atoms with E-state index in [-0.39, 0.29) is 0 Å². The number of esters is 1. The number of ether oxygens (including phenoxy) is 1. The Balaban J connectivity index is 1.51. The van der Waals surface area contributed by atoms with Crippen molar-refractivity contribution in [1.82, 2.24) is 24.6 Å². The zero-order chi connectivity index (χ0) is 21.0. The van der Waals surface area contributed by atoms with Gasteiger partial charge in [0.1, 0.15) is 23.0 Å². The van der Waals surface area contributed by atoms with Crippen LogP contribution in [0.25, 0.3) is 0 Å². The summed E-state index contributed by atoms with van der Waals surface area (Å²) < 4.78 is 6.68. The van der Waals surface area contributed by atoms with E-state index in [1.54, 1.807) is 11.6 Å². The zero-order valence-electron chi connectivity index (χ0n) is 17.8. The first-order valence-corrected chi connectivity index (χ1v) is 10.1. The van der Waals surface area contributed by atoms with Crippen LogP contribution in [0.4, 0.5) is 11.6 Å². The van der Waals surface area contributed by atoms with E-state index in [0.717, 1.165) is 49.8 Å². The molecule has 2 aromatic heterocycles. The first-order chi connectivity index (χ1) is 13.9. The second-order valence-corrected chi connectivity index (χ2v) is 7.50. The van der Waals surface area contributed by atoms with Crippen molar-refractivity contribution in [3.63, 3.8) is 0 Å². The van der Waals surface area contributed by atoms with Crippen LogP contribution >= 0.6 is 0 Å². The van der Waals surface area contributed by atoms with E-state index in [2.05, 4.69) is 38.0 Å². The van der Waals surface area contributed by atoms with Crippen molar-refractivity contribution in [2.45, 2.75) is 46.2 Å². The predicted octanol–water partition coefficient (Wildman–Crippen LogP) is 1.65. The molecule has 3 rings (SSSR count). The molecule has 9 heteroatoms. The minimum atomic E-state index is -0.424. The number of nitrogens with two attached hydrogens (primary N) is 1. The van der Waals surface area contributed by atoms with Crippen LogP contribution in [-0.4, -0.2) is 69.9 Å². The lowest BCUT2D eigenvalue weighted by Gasteiger charge is -2.37. The molecule has 0 radical (unpaired) electrons. The van der Waals surface area contributed by atoms with Crippen LogP contribution in [0, 0.1) is 13.8 Å². The largest absolute Gasteiger partial charge is 0.462 e. The Labute approximate surface area is 171 Å². The summed E-state index contributed by atoms with van der Waals surface area (Å²) in [7, 11) is 2.13. The molecule has 1 aliphatic rings. The van der Waals surface area contributed by atoms with E-state index in [4.69, 9.17) is 10.5 Å². The molecule has 9 nitrogen and oxygen atoms in total. The van der Waals surface area contributed by atoms with E-state index in [1.807, 2.05) is 13.8 Å². The van der Waals surface area contributed by atoms with Gasteiger partial charge in [0.15, 0.2) is 0 Å². The third kappa shape index (κ3) is 5.03. The van der Waals surface area contributed by atoms with Gasteiger partial charge in [0.05, 0.1) is 19.3 Å². The van der Waals surface area contributed by atoms with Gasteiger partial charge in [-0.25, -0.2) is 19.4 Å². The lowest BCUT2D eigenvalue weighted by Crippen LogP contribution is -2.44. The summed E-state index contributed by atoms with van der Waals surface area (Å²) in [6.45, 7) is 9.42. The Morgan fingerprint density at radius 2 is 2.03 bits per heavy atom. The van der Waals surface area contributed by atoms with Gasteiger partial charge in [0.25, 0.3) is 0 Å². The fourth-order valence-corrected chi connectivity index (χ4v) is 3.77. The Bertz CT molecular complexity index is 823. The Kier molecular flexibility index (Phi) is 6.68. The minimum absolute atomic E-state index is 0.318. The summed E-state index contributed by atoms with van der Waals surface area (Å²) in [5.41, 5.74) is 7.41. The number of carbonyl (C=O) groups excluding carboxylic acids is 1. The fraction of sp³-hybridized carbons (Fsp3) is 0.600. The maximum atomic E-state index is 11.9. The van der Waals surface area contributed by atoms with Gasteiger partial charge in [-0.2, -0.15) is 5.10 Å². The Morgan fingerprint density at radius 1 is 1.31 bits per heavy atom. The first kappa shape index (κ1) is 21.0. The number of aryl methyl sites for hydroxylation is 2. The highest BCUT2D eigenvalue weighted by molar-refractivity contribution is 5.93. The number of nitrogen functional groups attached to an aromatic ring is 1. The second kappa shape index (κ2) is 9.21. The minimum Gasteiger partial charge on any atom is -0.462 e. The maximum absolute atomic E-state index is 11.9. The highest BCUT2D eigenvalue weighted by Gasteiger charge is 2.24. The van der Waals surface area contributed by atoms with Crippen LogP contribution < -0.4 is 10.6 Å². The Morgan fingerprint density at radius 3 is 2.69 bits per heavy atom. The molecule has 2 N–H and O–H groups in total. The molecule has 1 saturated heterocycles. The van der Waals surface area contributed by atoms with Crippen LogP contribution in [0.2, 0.25) is 0 Å². The van der Waals surface area contributed by atoms with Crippen molar-refractivity contribution in [2.24, 2.45) is 0 Å². The van der Waals surface area contributed by atoms with E-state index in [1.165, 1.54) is 6.20 Å². The number of rotatable bonds is 7. The molecule has 0 spiro atoms. The van der Waals surface area contributed by atoms with Crippen molar-refractivity contribution >= 4 is 17.6 Å². The van der Waals surface area contributed by atoms with Crippen LogP contribution in [0.3, 0.4) is 0 Å². The van der Waals surface area contributed by atoms with Gasteiger partial charge < -0.3 is 20.3 Å². The molecule has 0 saturated carbocycles. The molecule has 29 heavy (non-hydrogen) atoms. The molecular formula is C20H31N7O2. The van der Waals surface area contributed by atoms with E-state index >= 15 is 0 Å². The molecule has 0 unspecified atom stereocenters. The zero-order valence-corrected chi connectivity index (χ0v) is 17.8. The van der Waals surface area contributed by atoms with Crippen molar-refractivity contribution in [3.05, 3.63) is 29.3 Å². The van der Waals surface area contributed by atoms with Crippen LogP contribution in [0.5, 0.6) is 0 Å². The number of carbonyl (C=O) groups is 1. The normalized spacial score (nSPS) is 15.1. The molecule has 0 aliphatic carbocycles. The number of hydrogen-bond donors (Lipinski definition) is 1. The van der Waals surface area contributed by atoms with Crippen LogP contribution in [0.15, 0.2) is 12.3 Å². The third-order valence-electron chi connectivity index (χ3n) is 5.40. The molecule has 158 valence electrons. The maximum Gasteiger partial charge on any atom is 0.343 e. The smallest absolute Gasteiger partial charge is 0.343 e. The highest BCUT2D eigenvalue weighted by Crippen LogP contribution is 2.21. The lowest BCUT2D eigenvalue weighted by atomic mass is 10.0. The van der Waals surface area contributed by atoms with Crippen molar-refractivity contribution < 1.29 is 9.53 Å². The van der Waals surface area contributed by atoms with E-state index in [9.17, 15) is 4.79 Å². The number of anilines is 2. The molecule has 0 amide bonds. The number of likely N-dealkylation sites (N-methyl/N-ethyl adjacent to an activating group) is 1. The predicted molar refractivity (Wildman–Crippen MR) is 112 cm³/mol. The number of nitrogens with zero attached hydrogens (tertiary/aromatic N) is 6. The average Bonchev–Trinajstić information content (AvgIpc) is 3.06. The van der Waals surface area contributed by atoms with Crippen molar-refractivity contribution in [1.29, 1.82) is 0 Å². The standard InChI is InChI=1S/C20H31N7O2/c1-5-29-20(28)17-13-22-27(19(17)21)11-10-25(4)16-6-8-26(9-7-16)18-12-14(2)23-15(3)24-18/h12-13,16H,5-11,21H2,1-4H3. The number of aromatic nitrogens is 4. The lowest BCUT2D eigenvalue weighted by molar-refractivity contribution is 0.0527. The summed E-state index contributed by atoms with van der Waals surface area (Å²) in [4.78, 5) is 25.5. The number of piperidine rings is 1. The third-order valence-corrected chi connectivity index (χ3v) is 5.40. The van der Waals surface area contributed by atoms with Gasteiger partial charge in [-0.1, -0.05) is 0 Å². The summed E-state index contributed by atoms with van der Waals surface area (Å²) in [5, 5.41) is 4.25. The van der Waals surface area contributed by atoms with Crippen molar-refractivity contribution in [3.8, 4) is 0 Å². The monoisotopic (exact) mass is 401 g/mol. The molecule has 0 bridgehead atoms. The molecule has 3 heterocycles. The summed E-state index contributed by atoms with van der Waals surface area (Å²) in [6.07, 6.45) is 3.63. The van der Waals surface area contributed by atoms with Gasteiger partial charge in [-0.3, -0.25) is 0 Å². The molecule has 1 fully saturated rings. The molecule has 0 atom stereocenters. The highest BCUT2D eigenvalue weighted by atomic mass is 16.5. The van der Waals surface area contributed by atoms with Crippen LogP contribution in [-0.2, 0) is 11.3 Å². The van der Waals surface area contributed by atoms with Gasteiger partial charge in [0, 0.05) is 37.4 Å². The van der Waals surface area contributed by atoms with Gasteiger partial charge in [-0.05, 0) is 40.7 Å². The first-order valence-electron chi connectivity index (χ1n) is 10.1.